The molecule has 166 valence electrons. The van der Waals surface area contributed by atoms with E-state index < -0.39 is 17.1 Å². The molecule has 0 amide bonds. The van der Waals surface area contributed by atoms with E-state index in [1.54, 1.807) is 4.57 Å². The highest BCUT2D eigenvalue weighted by Gasteiger charge is 2.38. The highest BCUT2D eigenvalue weighted by atomic mass is 19.1. The fourth-order valence-electron chi connectivity index (χ4n) is 4.85. The van der Waals surface area contributed by atoms with Gasteiger partial charge in [-0.05, 0) is 32.4 Å². The van der Waals surface area contributed by atoms with Gasteiger partial charge in [-0.1, -0.05) is 6.92 Å². The third kappa shape index (κ3) is 3.69. The number of anilines is 1. The molecule has 0 bridgehead atoms. The number of fused-ring (bicyclic) bond motifs is 1. The Morgan fingerprint density at radius 2 is 2.10 bits per heavy atom. The van der Waals surface area contributed by atoms with Crippen molar-refractivity contribution in [2.75, 3.05) is 38.7 Å². The predicted octanol–water partition coefficient (Wildman–Crippen LogP) is 2.23. The second kappa shape index (κ2) is 8.35. The molecule has 2 heterocycles. The molecule has 1 saturated heterocycles. The molecule has 1 atom stereocenters. The monoisotopic (exact) mass is 429 g/mol. The van der Waals surface area contributed by atoms with Gasteiger partial charge in [0, 0.05) is 44.1 Å². The molecule has 31 heavy (non-hydrogen) atoms. The van der Waals surface area contributed by atoms with Crippen LogP contribution in [-0.2, 0) is 0 Å². The summed E-state index contributed by atoms with van der Waals surface area (Å²) in [5.41, 5.74) is -0.410. The van der Waals surface area contributed by atoms with Crippen LogP contribution < -0.4 is 20.9 Å². The summed E-state index contributed by atoms with van der Waals surface area (Å²) < 4.78 is 22.3. The van der Waals surface area contributed by atoms with Crippen molar-refractivity contribution in [3.63, 3.8) is 0 Å². The Kier molecular flexibility index (Phi) is 5.75. The second-order valence-electron chi connectivity index (χ2n) is 8.53. The Hall–Kier alpha value is -2.86. The number of aromatic nitrogens is 2. The first kappa shape index (κ1) is 21.4. The summed E-state index contributed by atoms with van der Waals surface area (Å²) in [6.07, 6.45) is 3.10. The molecule has 9 heteroatoms. The lowest BCUT2D eigenvalue weighted by Gasteiger charge is -2.47. The molecule has 2 aliphatic rings. The van der Waals surface area contributed by atoms with E-state index in [-0.39, 0.29) is 17.2 Å². The van der Waals surface area contributed by atoms with Crippen LogP contribution in [0.1, 0.15) is 38.6 Å². The number of nitrogens with zero attached hydrogens (tertiary/aromatic N) is 4. The van der Waals surface area contributed by atoms with Crippen molar-refractivity contribution in [2.24, 2.45) is 5.92 Å². The Bertz CT molecular complexity index is 1140. The quantitative estimate of drug-likeness (QED) is 0.692. The molecule has 0 spiro atoms. The number of methoxy groups -OCH3 is 1. The van der Waals surface area contributed by atoms with Crippen LogP contribution in [0.2, 0.25) is 0 Å². The van der Waals surface area contributed by atoms with Crippen LogP contribution in [0.3, 0.4) is 0 Å². The summed E-state index contributed by atoms with van der Waals surface area (Å²) in [6, 6.07) is 3.70. The second-order valence-corrected chi connectivity index (χ2v) is 8.53. The van der Waals surface area contributed by atoms with Crippen molar-refractivity contribution in [2.45, 2.75) is 44.7 Å². The molecule has 1 aromatic carbocycles. The van der Waals surface area contributed by atoms with Crippen LogP contribution in [0.15, 0.2) is 15.7 Å². The molecule has 4 rings (SSSR count). The summed E-state index contributed by atoms with van der Waals surface area (Å²) >= 11 is 0. The van der Waals surface area contributed by atoms with Gasteiger partial charge in [-0.2, -0.15) is 5.26 Å². The van der Waals surface area contributed by atoms with Crippen molar-refractivity contribution in [3.8, 4) is 11.8 Å². The van der Waals surface area contributed by atoms with Crippen molar-refractivity contribution >= 4 is 16.6 Å². The maximum atomic E-state index is 15.2. The van der Waals surface area contributed by atoms with E-state index in [2.05, 4.69) is 22.9 Å². The standard InChI is InChI=1S/C22H28FN5O3/c1-4-17(26(2)9-5-8-24)13-11-27(12-13)19-16(23)10-15-18(20(19)31-3)28(14-6-7-14)22(30)25-21(15)29/h10,13-14,17H,4-7,9,11-12H2,1-3H3,(H,25,29,30). The van der Waals surface area contributed by atoms with Gasteiger partial charge in [0.1, 0.15) is 11.2 Å². The average molecular weight is 429 g/mol. The molecule has 1 aliphatic heterocycles. The highest BCUT2D eigenvalue weighted by molar-refractivity contribution is 5.91. The van der Waals surface area contributed by atoms with Crippen molar-refractivity contribution in [1.29, 1.82) is 5.26 Å². The number of aromatic amines is 1. The van der Waals surface area contributed by atoms with Gasteiger partial charge < -0.3 is 14.5 Å². The molecular weight excluding hydrogens is 401 g/mol. The van der Waals surface area contributed by atoms with Crippen LogP contribution >= 0.6 is 0 Å². The Morgan fingerprint density at radius 3 is 2.68 bits per heavy atom. The molecule has 1 unspecified atom stereocenters. The number of hydrogen-bond donors (Lipinski definition) is 1. The number of hydrogen-bond acceptors (Lipinski definition) is 6. The number of nitriles is 1. The molecule has 1 aromatic heterocycles. The minimum atomic E-state index is -0.604. The molecule has 2 aromatic rings. The SMILES string of the molecule is CCC(C1CN(c2c(F)cc3c(=O)[nH]c(=O)n(C4CC4)c3c2OC)C1)N(C)CCC#N. The Labute approximate surface area is 179 Å². The fraction of sp³-hybridized carbons (Fsp3) is 0.591. The zero-order valence-electron chi connectivity index (χ0n) is 18.2. The maximum absolute atomic E-state index is 15.2. The molecule has 1 N–H and O–H groups in total. The van der Waals surface area contributed by atoms with Crippen LogP contribution in [0.5, 0.6) is 5.75 Å². The van der Waals surface area contributed by atoms with Gasteiger partial charge in [0.2, 0.25) is 0 Å². The van der Waals surface area contributed by atoms with Gasteiger partial charge in [0.25, 0.3) is 5.56 Å². The summed E-state index contributed by atoms with van der Waals surface area (Å²) in [5, 5.41) is 8.99. The highest BCUT2D eigenvalue weighted by Crippen LogP contribution is 2.44. The van der Waals surface area contributed by atoms with E-state index in [1.165, 1.54) is 13.2 Å². The lowest BCUT2D eigenvalue weighted by atomic mass is 9.88. The number of H-pyrrole nitrogens is 1. The molecule has 0 radical (unpaired) electrons. The summed E-state index contributed by atoms with van der Waals surface area (Å²) in [4.78, 5) is 31.3. The van der Waals surface area contributed by atoms with Gasteiger partial charge in [0.05, 0.1) is 18.6 Å². The first-order valence-corrected chi connectivity index (χ1v) is 10.8. The molecule has 1 saturated carbocycles. The Balaban J connectivity index is 1.70. The van der Waals surface area contributed by atoms with Gasteiger partial charge in [-0.15, -0.1) is 0 Å². The molecular formula is C22H28FN5O3. The minimum absolute atomic E-state index is 0.00135. The van der Waals surface area contributed by atoms with Gasteiger partial charge in [-0.3, -0.25) is 14.3 Å². The van der Waals surface area contributed by atoms with Crippen LogP contribution in [0.25, 0.3) is 10.9 Å². The lowest BCUT2D eigenvalue weighted by Crippen LogP contribution is -2.56. The number of ether oxygens (including phenoxy) is 1. The predicted molar refractivity (Wildman–Crippen MR) is 116 cm³/mol. The van der Waals surface area contributed by atoms with E-state index in [4.69, 9.17) is 10.00 Å². The van der Waals surface area contributed by atoms with E-state index in [9.17, 15) is 9.59 Å². The van der Waals surface area contributed by atoms with Gasteiger partial charge in [0.15, 0.2) is 11.6 Å². The first-order chi connectivity index (χ1) is 14.9. The van der Waals surface area contributed by atoms with Crippen molar-refractivity contribution in [3.05, 3.63) is 32.7 Å². The molecule has 8 nitrogen and oxygen atoms in total. The number of halogens is 1. The van der Waals surface area contributed by atoms with E-state index in [0.717, 1.165) is 19.3 Å². The molecule has 1 aliphatic carbocycles. The van der Waals surface area contributed by atoms with Crippen molar-refractivity contribution < 1.29 is 9.13 Å². The lowest BCUT2D eigenvalue weighted by molar-refractivity contribution is 0.149. The molecule has 2 fully saturated rings. The largest absolute Gasteiger partial charge is 0.492 e. The van der Waals surface area contributed by atoms with Gasteiger partial charge >= 0.3 is 5.69 Å². The summed E-state index contributed by atoms with van der Waals surface area (Å²) in [5.74, 6) is 0.0490. The first-order valence-electron chi connectivity index (χ1n) is 10.8. The topological polar surface area (TPSA) is 94.4 Å². The Morgan fingerprint density at radius 1 is 1.39 bits per heavy atom. The van der Waals surface area contributed by atoms with E-state index >= 15 is 4.39 Å². The van der Waals surface area contributed by atoms with Gasteiger partial charge in [-0.25, -0.2) is 9.18 Å². The van der Waals surface area contributed by atoms with Crippen LogP contribution in [0, 0.1) is 23.1 Å². The number of benzene rings is 1. The normalized spacial score (nSPS) is 17.6. The van der Waals surface area contributed by atoms with E-state index in [1.807, 2.05) is 11.9 Å². The summed E-state index contributed by atoms with van der Waals surface area (Å²) in [6.45, 7) is 4.11. The minimum Gasteiger partial charge on any atom is -0.492 e. The number of rotatable bonds is 8. The van der Waals surface area contributed by atoms with E-state index in [0.29, 0.717) is 49.2 Å². The third-order valence-corrected chi connectivity index (χ3v) is 6.55. The fourth-order valence-corrected chi connectivity index (χ4v) is 4.85. The number of nitrogens with one attached hydrogen (secondary N) is 1. The average Bonchev–Trinajstić information content (AvgIpc) is 3.54. The zero-order valence-corrected chi connectivity index (χ0v) is 18.2. The van der Waals surface area contributed by atoms with Crippen LogP contribution in [0.4, 0.5) is 10.1 Å². The zero-order chi connectivity index (χ0) is 22.3. The smallest absolute Gasteiger partial charge is 0.329 e. The maximum Gasteiger partial charge on any atom is 0.329 e. The van der Waals surface area contributed by atoms with Crippen molar-refractivity contribution in [1.82, 2.24) is 14.5 Å². The summed E-state index contributed by atoms with van der Waals surface area (Å²) in [7, 11) is 3.47. The third-order valence-electron chi connectivity index (χ3n) is 6.55. The van der Waals surface area contributed by atoms with Crippen LogP contribution in [-0.4, -0.2) is 54.3 Å².